The van der Waals surface area contributed by atoms with E-state index in [9.17, 15) is 9.59 Å². The molecule has 0 saturated carbocycles. The van der Waals surface area contributed by atoms with Gasteiger partial charge in [-0.05, 0) is 54.3 Å². The summed E-state index contributed by atoms with van der Waals surface area (Å²) in [6.07, 6.45) is 1.66. The number of pyridine rings is 1. The van der Waals surface area contributed by atoms with Gasteiger partial charge < -0.3 is 5.32 Å². The molecule has 0 aliphatic heterocycles. The largest absolute Gasteiger partial charge is 0.325 e. The summed E-state index contributed by atoms with van der Waals surface area (Å²) in [5.74, 6) is 0.734. The molecule has 0 atom stereocenters. The third-order valence-electron chi connectivity index (χ3n) is 5.06. The lowest BCUT2D eigenvalue weighted by Crippen LogP contribution is -2.23. The number of fused-ring (bicyclic) bond motifs is 1. The molecular formula is C25H24N4O2S. The Morgan fingerprint density at radius 2 is 1.84 bits per heavy atom. The Bertz CT molecular complexity index is 1350. The minimum absolute atomic E-state index is 0.114. The minimum atomic E-state index is -0.207. The van der Waals surface area contributed by atoms with Crippen LogP contribution in [0, 0.1) is 6.92 Å². The minimum Gasteiger partial charge on any atom is -0.325 e. The average molecular weight is 445 g/mol. The Morgan fingerprint density at radius 3 is 2.62 bits per heavy atom. The summed E-state index contributed by atoms with van der Waals surface area (Å²) in [6, 6.07) is 18.7. The number of carbonyl (C=O) groups is 1. The second-order valence-electron chi connectivity index (χ2n) is 7.82. The van der Waals surface area contributed by atoms with Gasteiger partial charge in [0.05, 0.1) is 16.7 Å². The van der Waals surface area contributed by atoms with Crippen molar-refractivity contribution in [1.29, 1.82) is 0 Å². The number of hydrogen-bond donors (Lipinski definition) is 1. The monoisotopic (exact) mass is 444 g/mol. The van der Waals surface area contributed by atoms with Crippen molar-refractivity contribution >= 4 is 34.3 Å². The fraction of sp³-hybridized carbons (Fsp3) is 0.200. The van der Waals surface area contributed by atoms with Crippen LogP contribution < -0.4 is 10.9 Å². The molecule has 0 spiro atoms. The Labute approximate surface area is 190 Å². The second-order valence-corrected chi connectivity index (χ2v) is 8.76. The number of carbonyl (C=O) groups excluding carboxylic acids is 1. The molecule has 0 radical (unpaired) electrons. The van der Waals surface area contributed by atoms with E-state index in [2.05, 4.69) is 29.1 Å². The summed E-state index contributed by atoms with van der Waals surface area (Å²) in [5.41, 5.74) is 3.25. The highest BCUT2D eigenvalue weighted by Gasteiger charge is 2.16. The van der Waals surface area contributed by atoms with Gasteiger partial charge in [-0.2, -0.15) is 0 Å². The van der Waals surface area contributed by atoms with Crippen LogP contribution in [0.2, 0.25) is 0 Å². The van der Waals surface area contributed by atoms with Crippen molar-refractivity contribution in [3.05, 3.63) is 88.3 Å². The van der Waals surface area contributed by atoms with Crippen LogP contribution in [-0.2, 0) is 4.79 Å². The molecule has 1 N–H and O–H groups in total. The highest BCUT2D eigenvalue weighted by atomic mass is 32.2. The predicted molar refractivity (Wildman–Crippen MR) is 130 cm³/mol. The van der Waals surface area contributed by atoms with Crippen LogP contribution in [-0.4, -0.2) is 26.2 Å². The maximum atomic E-state index is 13.3. The van der Waals surface area contributed by atoms with Gasteiger partial charge in [-0.15, -0.1) is 0 Å². The zero-order chi connectivity index (χ0) is 22.7. The van der Waals surface area contributed by atoms with Crippen molar-refractivity contribution in [3.63, 3.8) is 0 Å². The molecule has 162 valence electrons. The molecule has 0 aliphatic rings. The number of aryl methyl sites for hydroxylation is 1. The normalized spacial score (nSPS) is 11.1. The molecule has 2 aromatic carbocycles. The first-order valence-corrected chi connectivity index (χ1v) is 11.4. The molecule has 2 heterocycles. The average Bonchev–Trinajstić information content (AvgIpc) is 2.78. The van der Waals surface area contributed by atoms with E-state index in [1.807, 2.05) is 55.5 Å². The fourth-order valence-corrected chi connectivity index (χ4v) is 4.29. The molecule has 7 heteroatoms. The zero-order valence-corrected chi connectivity index (χ0v) is 19.0. The molecule has 1 amide bonds. The van der Waals surface area contributed by atoms with Crippen LogP contribution in [0.25, 0.3) is 16.7 Å². The molecule has 0 bridgehead atoms. The number of aromatic nitrogens is 3. The number of nitrogens with one attached hydrogen (secondary N) is 1. The van der Waals surface area contributed by atoms with Crippen molar-refractivity contribution in [1.82, 2.24) is 14.5 Å². The third kappa shape index (κ3) is 4.57. The predicted octanol–water partition coefficient (Wildman–Crippen LogP) is 4.94. The number of hydrogen-bond acceptors (Lipinski definition) is 5. The third-order valence-corrected chi connectivity index (χ3v) is 6.00. The van der Waals surface area contributed by atoms with Gasteiger partial charge in [0.15, 0.2) is 5.16 Å². The number of thioether (sulfide) groups is 1. The SMILES string of the molecule is Cc1ccnc(-n2c(SCC(=O)Nc3ccccc3C(C)C)nc3ccccc3c2=O)c1. The molecule has 0 aliphatic carbocycles. The molecular weight excluding hydrogens is 420 g/mol. The molecule has 4 aromatic rings. The summed E-state index contributed by atoms with van der Waals surface area (Å²) in [6.45, 7) is 6.12. The topological polar surface area (TPSA) is 76.9 Å². The molecule has 0 fully saturated rings. The second kappa shape index (κ2) is 9.36. The van der Waals surface area contributed by atoms with Gasteiger partial charge in [0, 0.05) is 11.9 Å². The van der Waals surface area contributed by atoms with E-state index in [0.29, 0.717) is 27.8 Å². The Hall–Kier alpha value is -3.45. The summed E-state index contributed by atoms with van der Waals surface area (Å²) < 4.78 is 1.48. The molecule has 0 saturated heterocycles. The van der Waals surface area contributed by atoms with Crippen LogP contribution in [0.3, 0.4) is 0 Å². The summed E-state index contributed by atoms with van der Waals surface area (Å²) in [7, 11) is 0. The smallest absolute Gasteiger partial charge is 0.267 e. The maximum Gasteiger partial charge on any atom is 0.267 e. The van der Waals surface area contributed by atoms with E-state index in [-0.39, 0.29) is 17.2 Å². The lowest BCUT2D eigenvalue weighted by Gasteiger charge is -2.15. The highest BCUT2D eigenvalue weighted by molar-refractivity contribution is 7.99. The van der Waals surface area contributed by atoms with Gasteiger partial charge in [0.25, 0.3) is 5.56 Å². The lowest BCUT2D eigenvalue weighted by molar-refractivity contribution is -0.113. The van der Waals surface area contributed by atoms with E-state index in [1.54, 1.807) is 18.3 Å². The van der Waals surface area contributed by atoms with Crippen LogP contribution in [0.5, 0.6) is 0 Å². The number of anilines is 1. The van der Waals surface area contributed by atoms with E-state index >= 15 is 0 Å². The van der Waals surface area contributed by atoms with Crippen LogP contribution in [0.15, 0.2) is 76.8 Å². The van der Waals surface area contributed by atoms with Crippen molar-refractivity contribution in [2.45, 2.75) is 31.8 Å². The van der Waals surface area contributed by atoms with Gasteiger partial charge in [-0.3, -0.25) is 9.59 Å². The van der Waals surface area contributed by atoms with Crippen LogP contribution >= 0.6 is 11.8 Å². The van der Waals surface area contributed by atoms with E-state index in [4.69, 9.17) is 0 Å². The van der Waals surface area contributed by atoms with Gasteiger partial charge in [-0.25, -0.2) is 14.5 Å². The van der Waals surface area contributed by atoms with Gasteiger partial charge in [0.1, 0.15) is 5.82 Å². The van der Waals surface area contributed by atoms with Crippen LogP contribution in [0.4, 0.5) is 5.69 Å². The first kappa shape index (κ1) is 21.8. The maximum absolute atomic E-state index is 13.3. The number of rotatable bonds is 6. The Kier molecular flexibility index (Phi) is 6.37. The number of para-hydroxylation sites is 2. The summed E-state index contributed by atoms with van der Waals surface area (Å²) >= 11 is 1.22. The number of benzene rings is 2. The van der Waals surface area contributed by atoms with Crippen molar-refractivity contribution in [3.8, 4) is 5.82 Å². The van der Waals surface area contributed by atoms with Gasteiger partial charge in [0.2, 0.25) is 5.91 Å². The first-order chi connectivity index (χ1) is 15.4. The van der Waals surface area contributed by atoms with E-state index in [0.717, 1.165) is 16.8 Å². The first-order valence-electron chi connectivity index (χ1n) is 10.4. The molecule has 6 nitrogen and oxygen atoms in total. The summed E-state index contributed by atoms with van der Waals surface area (Å²) in [4.78, 5) is 35.1. The highest BCUT2D eigenvalue weighted by Crippen LogP contribution is 2.25. The van der Waals surface area contributed by atoms with Crippen LogP contribution in [0.1, 0.15) is 30.9 Å². The molecule has 4 rings (SSSR count). The lowest BCUT2D eigenvalue weighted by atomic mass is 10.0. The standard InChI is InChI=1S/C25H24N4O2S/c1-16(2)18-8-4-6-10-20(18)27-23(30)15-32-25-28-21-11-7-5-9-19(21)24(31)29(25)22-14-17(3)12-13-26-22/h4-14,16H,15H2,1-3H3,(H,27,30). The van der Waals surface area contributed by atoms with Crippen molar-refractivity contribution < 1.29 is 4.79 Å². The van der Waals surface area contributed by atoms with E-state index in [1.165, 1.54) is 16.3 Å². The van der Waals surface area contributed by atoms with Crippen molar-refractivity contribution in [2.24, 2.45) is 0 Å². The number of nitrogens with zero attached hydrogens (tertiary/aromatic N) is 3. The van der Waals surface area contributed by atoms with E-state index < -0.39 is 0 Å². The molecule has 32 heavy (non-hydrogen) atoms. The van der Waals surface area contributed by atoms with Gasteiger partial charge >= 0.3 is 0 Å². The summed E-state index contributed by atoms with van der Waals surface area (Å²) in [5, 5.41) is 3.93. The molecule has 0 unspecified atom stereocenters. The zero-order valence-electron chi connectivity index (χ0n) is 18.2. The number of amides is 1. The quantitative estimate of drug-likeness (QED) is 0.337. The Balaban J connectivity index is 1.66. The van der Waals surface area contributed by atoms with Crippen molar-refractivity contribution in [2.75, 3.05) is 11.1 Å². The Morgan fingerprint density at radius 1 is 1.09 bits per heavy atom. The molecule has 2 aromatic heterocycles. The fourth-order valence-electron chi connectivity index (χ4n) is 3.48. The van der Waals surface area contributed by atoms with Gasteiger partial charge in [-0.1, -0.05) is 55.9 Å².